The third-order valence-electron chi connectivity index (χ3n) is 14.8. The predicted octanol–water partition coefficient (Wildman–Crippen LogP) is 15.6. The number of fused-ring (bicyclic) bond motifs is 2. The number of ketones is 2. The number of phenols is 2. The van der Waals surface area contributed by atoms with Crippen LogP contribution < -0.4 is 30.1 Å². The van der Waals surface area contributed by atoms with Gasteiger partial charge in [-0.15, -0.1) is 0 Å². The lowest BCUT2D eigenvalue weighted by atomic mass is 9.78. The average Bonchev–Trinajstić information content (AvgIpc) is 1.24. The number of rotatable bonds is 14. The second-order valence-corrected chi connectivity index (χ2v) is 21.5. The molecular weight excluding hydrogens is 1140 g/mol. The number of para-hydroxylation sites is 4. The molecule has 12 rings (SSSR count). The van der Waals surface area contributed by atoms with Gasteiger partial charge in [-0.1, -0.05) is 100 Å². The number of aromatic amines is 2. The van der Waals surface area contributed by atoms with Crippen molar-refractivity contribution < 1.29 is 47.5 Å². The molecule has 0 unspecified atom stereocenters. The number of carbonyl (C=O) groups is 2. The lowest BCUT2D eigenvalue weighted by Gasteiger charge is -2.26. The summed E-state index contributed by atoms with van der Waals surface area (Å²) in [5, 5.41) is 18.6. The quantitative estimate of drug-likeness (QED) is 0.0593. The number of hydrogen-bond donors (Lipinski definition) is 4. The predicted molar refractivity (Wildman–Crippen MR) is 344 cm³/mol. The molecule has 14 nitrogen and oxygen atoms in total. The maximum absolute atomic E-state index is 13.2. The molecule has 12 aromatic rings. The normalized spacial score (nSPS) is 10.9. The van der Waals surface area contributed by atoms with Crippen LogP contribution in [0.25, 0.3) is 22.1 Å². The molecule has 0 atom stereocenters. The molecule has 2 aromatic heterocycles. The molecule has 0 aliphatic rings. The minimum absolute atomic E-state index is 0.110. The molecule has 0 fully saturated rings. The van der Waals surface area contributed by atoms with E-state index in [4.69, 9.17) is 18.9 Å². The summed E-state index contributed by atoms with van der Waals surface area (Å²) in [5.74, 6) is 2.64. The van der Waals surface area contributed by atoms with Crippen LogP contribution in [0.4, 0.5) is 8.78 Å². The van der Waals surface area contributed by atoms with E-state index in [1.165, 1.54) is 66.8 Å². The maximum Gasteiger partial charge on any atom is 0.314 e. The Morgan fingerprint density at radius 1 is 0.378 bits per heavy atom. The van der Waals surface area contributed by atoms with Crippen LogP contribution in [0.2, 0.25) is 0 Å². The molecule has 0 spiro atoms. The molecule has 0 aliphatic heterocycles. The number of H-pyrrole nitrogens is 2. The Bertz CT molecular complexity index is 4380. The van der Waals surface area contributed by atoms with Gasteiger partial charge in [-0.2, -0.15) is 0 Å². The second-order valence-electron chi connectivity index (χ2n) is 21.5. The third-order valence-corrected chi connectivity index (χ3v) is 14.8. The van der Waals surface area contributed by atoms with E-state index < -0.39 is 22.8 Å². The molecule has 4 N–H and O–H groups in total. The smallest absolute Gasteiger partial charge is 0.314 e. The zero-order valence-corrected chi connectivity index (χ0v) is 49.9. The number of phenolic OH excluding ortho intramolecular Hbond substituents is 2. The fraction of sp³-hybridized carbons (Fsp3) is 0.108. The number of benzene rings is 10. The SMILES string of the molecule is CC(C)(c1ccc(O)cc1)c1ccc(O)cc1.COc1ccc(C(C)(C)c2ccc(Oc3ccc(C(=O)c4ccc(Oc5nc6ccccc6nc5OC)cc4)cc3)cc2)cc1.O=C(c1ccc(F)cc1)c1ccc(F)cc1.O=c1[nH]c2ccccc2[nH]c1=O. The van der Waals surface area contributed by atoms with Gasteiger partial charge >= 0.3 is 11.1 Å². The highest BCUT2D eigenvalue weighted by Crippen LogP contribution is 2.36. The Morgan fingerprint density at radius 3 is 1.03 bits per heavy atom. The first-order chi connectivity index (χ1) is 43.3. The van der Waals surface area contributed by atoms with Crippen molar-refractivity contribution in [2.24, 2.45) is 0 Å². The van der Waals surface area contributed by atoms with Crippen LogP contribution in [0, 0.1) is 11.6 Å². The van der Waals surface area contributed by atoms with Crippen molar-refractivity contribution in [3.63, 3.8) is 0 Å². The van der Waals surface area contributed by atoms with Gasteiger partial charge in [-0.05, 0) is 192 Å². The molecule has 0 amide bonds. The lowest BCUT2D eigenvalue weighted by Crippen LogP contribution is -2.28. The van der Waals surface area contributed by atoms with Crippen LogP contribution >= 0.6 is 0 Å². The summed E-state index contributed by atoms with van der Waals surface area (Å²) in [7, 11) is 3.19. The zero-order valence-electron chi connectivity index (χ0n) is 49.9. The summed E-state index contributed by atoms with van der Waals surface area (Å²) < 4.78 is 48.0. The molecule has 452 valence electrons. The van der Waals surface area contributed by atoms with Gasteiger partial charge < -0.3 is 39.1 Å². The van der Waals surface area contributed by atoms with Crippen LogP contribution in [0.3, 0.4) is 0 Å². The number of nitrogens with one attached hydrogen (secondary N) is 2. The first-order valence-corrected chi connectivity index (χ1v) is 28.3. The molecule has 0 saturated carbocycles. The molecule has 2 heterocycles. The summed E-state index contributed by atoms with van der Waals surface area (Å²) >= 11 is 0. The first kappa shape index (κ1) is 63.0. The van der Waals surface area contributed by atoms with Crippen molar-refractivity contribution in [1.82, 2.24) is 19.9 Å². The highest BCUT2D eigenvalue weighted by molar-refractivity contribution is 6.09. The molecule has 10 aromatic carbocycles. The van der Waals surface area contributed by atoms with Crippen LogP contribution in [0.15, 0.2) is 252 Å². The van der Waals surface area contributed by atoms with Crippen molar-refractivity contribution >= 4 is 33.6 Å². The Balaban J connectivity index is 0.000000172. The van der Waals surface area contributed by atoms with E-state index in [-0.39, 0.29) is 45.7 Å². The summed E-state index contributed by atoms with van der Waals surface area (Å²) in [6, 6.07) is 69.7. The van der Waals surface area contributed by atoms with Gasteiger partial charge in [0.15, 0.2) is 11.6 Å². The number of methoxy groups -OCH3 is 2. The van der Waals surface area contributed by atoms with Crippen LogP contribution in [-0.2, 0) is 10.8 Å². The molecule has 0 radical (unpaired) electrons. The molecule has 0 saturated heterocycles. The summed E-state index contributed by atoms with van der Waals surface area (Å²) in [4.78, 5) is 60.6. The second kappa shape index (κ2) is 28.3. The minimum Gasteiger partial charge on any atom is -0.508 e. The van der Waals surface area contributed by atoms with Crippen LogP contribution in [0.1, 0.15) is 81.8 Å². The summed E-state index contributed by atoms with van der Waals surface area (Å²) in [6.45, 7) is 8.62. The monoisotopic (exact) mass is 1200 g/mol. The number of ether oxygens (including phenoxy) is 4. The number of halogens is 2. The van der Waals surface area contributed by atoms with E-state index in [0.29, 0.717) is 61.6 Å². The van der Waals surface area contributed by atoms with Gasteiger partial charge in [-0.3, -0.25) is 19.2 Å². The van der Waals surface area contributed by atoms with Crippen LogP contribution in [0.5, 0.6) is 46.3 Å². The van der Waals surface area contributed by atoms with E-state index in [9.17, 15) is 38.2 Å². The van der Waals surface area contributed by atoms with E-state index in [2.05, 4.69) is 71.9 Å². The van der Waals surface area contributed by atoms with Crippen molar-refractivity contribution in [2.75, 3.05) is 14.2 Å². The highest BCUT2D eigenvalue weighted by Gasteiger charge is 2.25. The van der Waals surface area contributed by atoms with E-state index in [1.807, 2.05) is 72.8 Å². The van der Waals surface area contributed by atoms with E-state index in [0.717, 1.165) is 16.9 Å². The largest absolute Gasteiger partial charge is 0.508 e. The van der Waals surface area contributed by atoms with Gasteiger partial charge in [-0.25, -0.2) is 18.7 Å². The van der Waals surface area contributed by atoms with Gasteiger partial charge in [0.1, 0.15) is 46.1 Å². The van der Waals surface area contributed by atoms with Gasteiger partial charge in [0.2, 0.25) is 0 Å². The summed E-state index contributed by atoms with van der Waals surface area (Å²) in [5.41, 5.74) is 7.57. The van der Waals surface area contributed by atoms with E-state index >= 15 is 0 Å². The molecular formula is C74H62F2N4O10. The average molecular weight is 1210 g/mol. The van der Waals surface area contributed by atoms with Crippen molar-refractivity contribution in [3.8, 4) is 46.3 Å². The van der Waals surface area contributed by atoms with Crippen LogP contribution in [-0.4, -0.2) is 55.9 Å². The Kier molecular flexibility index (Phi) is 19.8. The number of hydrogen-bond acceptors (Lipinski definition) is 12. The minimum atomic E-state index is -0.617. The van der Waals surface area contributed by atoms with E-state index in [1.54, 1.807) is 104 Å². The van der Waals surface area contributed by atoms with Crippen molar-refractivity contribution in [1.29, 1.82) is 0 Å². The third kappa shape index (κ3) is 15.7. The molecule has 0 bridgehead atoms. The Labute approximate surface area is 517 Å². The highest BCUT2D eigenvalue weighted by atomic mass is 19.1. The molecule has 90 heavy (non-hydrogen) atoms. The van der Waals surface area contributed by atoms with Gasteiger partial charge in [0, 0.05) is 33.1 Å². The zero-order chi connectivity index (χ0) is 64.0. The standard InChI is InChI=1S/C38H32N2O5.C15H16O2.C13H8F2O.C8H6N2O2/c1-38(2,27-13-21-29(42-3)22-14-27)28-15-23-31(24-16-28)44-30-17-9-25(10-18-30)35(41)26-11-19-32(20-12-26)45-37-36(43-4)39-33-7-5-6-8-34(33)40-37;1-15(2,11-3-7-13(16)8-4-11)12-5-9-14(17)10-6-12;14-11-5-1-9(2-6-11)13(16)10-3-7-12(15)8-4-10;11-7-8(12)10-6-4-2-1-3-5(6)9-7/h5-24H,1-4H3;3-10,16-17H,1-2H3;1-8H;1-4H,(H,9,11)(H,10,12). The Morgan fingerprint density at radius 2 is 0.678 bits per heavy atom. The van der Waals surface area contributed by atoms with Crippen molar-refractivity contribution in [3.05, 3.63) is 320 Å². The number of aromatic nitrogens is 4. The number of aromatic hydroxyl groups is 2. The van der Waals surface area contributed by atoms with Crippen molar-refractivity contribution in [2.45, 2.75) is 38.5 Å². The number of nitrogens with zero attached hydrogens (tertiary/aromatic N) is 2. The van der Waals surface area contributed by atoms with Gasteiger partial charge in [0.25, 0.3) is 11.8 Å². The molecule has 16 heteroatoms. The first-order valence-electron chi connectivity index (χ1n) is 28.3. The lowest BCUT2D eigenvalue weighted by molar-refractivity contribution is 0.103. The fourth-order valence-electron chi connectivity index (χ4n) is 9.40. The molecule has 0 aliphatic carbocycles. The number of carbonyl (C=O) groups excluding carboxylic acids is 2. The Hall–Kier alpha value is -11.5. The maximum atomic E-state index is 13.2. The fourth-order valence-corrected chi connectivity index (χ4v) is 9.40. The topological polar surface area (TPSA) is 203 Å². The summed E-state index contributed by atoms with van der Waals surface area (Å²) in [6.07, 6.45) is 0. The van der Waals surface area contributed by atoms with Gasteiger partial charge in [0.05, 0.1) is 36.3 Å².